The van der Waals surface area contributed by atoms with Crippen molar-refractivity contribution < 1.29 is 4.79 Å². The monoisotopic (exact) mass is 307 g/mol. The molecule has 0 atom stereocenters. The highest BCUT2D eigenvalue weighted by Crippen LogP contribution is 2.39. The summed E-state index contributed by atoms with van der Waals surface area (Å²) in [5, 5.41) is 1.06. The summed E-state index contributed by atoms with van der Waals surface area (Å²) in [6, 6.07) is 0. The topological polar surface area (TPSA) is 36.4 Å². The van der Waals surface area contributed by atoms with E-state index in [4.69, 9.17) is 4.98 Å². The Morgan fingerprint density at radius 2 is 1.90 bits per heavy atom. The van der Waals surface area contributed by atoms with Crippen LogP contribution in [0.25, 0.3) is 0 Å². The summed E-state index contributed by atoms with van der Waals surface area (Å²) < 4.78 is 0. The fourth-order valence-electron chi connectivity index (χ4n) is 3.32. The van der Waals surface area contributed by atoms with Crippen LogP contribution in [0.15, 0.2) is 0 Å². The minimum absolute atomic E-state index is 0.0647. The van der Waals surface area contributed by atoms with E-state index in [-0.39, 0.29) is 11.2 Å². The van der Waals surface area contributed by atoms with Crippen LogP contribution < -0.4 is 4.90 Å². The molecule has 0 unspecified atom stereocenters. The Kier molecular flexibility index (Phi) is 4.06. The minimum atomic E-state index is 0.0647. The van der Waals surface area contributed by atoms with E-state index in [9.17, 15) is 4.79 Å². The first-order valence-electron chi connectivity index (χ1n) is 7.99. The molecule has 0 bridgehead atoms. The van der Waals surface area contributed by atoms with Gasteiger partial charge in [-0.2, -0.15) is 0 Å². The van der Waals surface area contributed by atoms with Crippen LogP contribution in [-0.4, -0.2) is 48.4 Å². The molecule has 0 amide bonds. The molecule has 3 rings (SSSR count). The number of hydrogen-bond donors (Lipinski definition) is 0. The lowest BCUT2D eigenvalue weighted by Crippen LogP contribution is -2.46. The average Bonchev–Trinajstić information content (AvgIpc) is 2.82. The van der Waals surface area contributed by atoms with Gasteiger partial charge < -0.3 is 4.90 Å². The lowest BCUT2D eigenvalue weighted by molar-refractivity contribution is 0.0916. The standard InChI is InChI=1S/C16H25N3OS/c1-4-5-18-6-8-19(9-7-18)15-17-12-10-16(2,3)11-13(20)14(12)21-15/h4-11H2,1-3H3. The zero-order chi connectivity index (χ0) is 15.0. The molecular formula is C16H25N3OS. The SMILES string of the molecule is CCCN1CCN(c2nc3c(s2)C(=O)CC(C)(C)C3)CC1. The Hall–Kier alpha value is -0.940. The molecule has 1 aromatic heterocycles. The molecule has 0 aromatic carbocycles. The number of piperazine rings is 1. The predicted octanol–water partition coefficient (Wildman–Crippen LogP) is 2.83. The Bertz CT molecular complexity index is 530. The van der Waals surface area contributed by atoms with Crippen LogP contribution in [0.5, 0.6) is 0 Å². The second-order valence-corrected chi connectivity index (χ2v) is 8.02. The smallest absolute Gasteiger partial charge is 0.186 e. The molecule has 1 saturated heterocycles. The summed E-state index contributed by atoms with van der Waals surface area (Å²) in [5.41, 5.74) is 1.10. The molecular weight excluding hydrogens is 282 g/mol. The maximum Gasteiger partial charge on any atom is 0.186 e. The van der Waals surface area contributed by atoms with Gasteiger partial charge in [0.15, 0.2) is 10.9 Å². The van der Waals surface area contributed by atoms with Crippen LogP contribution in [-0.2, 0) is 6.42 Å². The van der Waals surface area contributed by atoms with E-state index in [0.29, 0.717) is 6.42 Å². The van der Waals surface area contributed by atoms with E-state index < -0.39 is 0 Å². The normalized spacial score (nSPS) is 22.4. The third kappa shape index (κ3) is 3.14. The van der Waals surface area contributed by atoms with E-state index >= 15 is 0 Å². The predicted molar refractivity (Wildman–Crippen MR) is 87.5 cm³/mol. The van der Waals surface area contributed by atoms with Crippen LogP contribution in [0.2, 0.25) is 0 Å². The van der Waals surface area contributed by atoms with Crippen molar-refractivity contribution in [3.63, 3.8) is 0 Å². The first-order valence-corrected chi connectivity index (χ1v) is 8.80. The molecule has 21 heavy (non-hydrogen) atoms. The molecule has 1 aliphatic carbocycles. The summed E-state index contributed by atoms with van der Waals surface area (Å²) in [6.07, 6.45) is 2.81. The molecule has 5 heteroatoms. The van der Waals surface area contributed by atoms with E-state index in [0.717, 1.165) is 48.3 Å². The first kappa shape index (κ1) is 15.0. The summed E-state index contributed by atoms with van der Waals surface area (Å²) in [7, 11) is 0. The molecule has 0 spiro atoms. The van der Waals surface area contributed by atoms with Crippen molar-refractivity contribution in [2.45, 2.75) is 40.0 Å². The number of rotatable bonds is 3. The average molecular weight is 307 g/mol. The largest absolute Gasteiger partial charge is 0.346 e. The summed E-state index contributed by atoms with van der Waals surface area (Å²) >= 11 is 1.61. The Morgan fingerprint density at radius 1 is 1.19 bits per heavy atom. The van der Waals surface area contributed by atoms with Crippen molar-refractivity contribution in [1.82, 2.24) is 9.88 Å². The third-order valence-electron chi connectivity index (χ3n) is 4.41. The molecule has 4 nitrogen and oxygen atoms in total. The number of thiazole rings is 1. The highest BCUT2D eigenvalue weighted by molar-refractivity contribution is 7.17. The van der Waals surface area contributed by atoms with Gasteiger partial charge in [0, 0.05) is 32.6 Å². The third-order valence-corrected chi connectivity index (χ3v) is 5.61. The van der Waals surface area contributed by atoms with Crippen LogP contribution in [0.3, 0.4) is 0 Å². The zero-order valence-corrected chi connectivity index (χ0v) is 14.1. The maximum absolute atomic E-state index is 12.3. The molecule has 0 N–H and O–H groups in total. The van der Waals surface area contributed by atoms with Crippen molar-refractivity contribution in [2.24, 2.45) is 5.41 Å². The van der Waals surface area contributed by atoms with Gasteiger partial charge in [0.2, 0.25) is 0 Å². The van der Waals surface area contributed by atoms with Crippen molar-refractivity contribution >= 4 is 22.3 Å². The van der Waals surface area contributed by atoms with Gasteiger partial charge in [0.25, 0.3) is 0 Å². The van der Waals surface area contributed by atoms with Gasteiger partial charge in [-0.25, -0.2) is 4.98 Å². The number of carbonyl (C=O) groups is 1. The van der Waals surface area contributed by atoms with Gasteiger partial charge in [-0.05, 0) is 24.8 Å². The van der Waals surface area contributed by atoms with Gasteiger partial charge >= 0.3 is 0 Å². The van der Waals surface area contributed by atoms with Gasteiger partial charge in [0.1, 0.15) is 0 Å². The second-order valence-electron chi connectivity index (χ2n) is 7.04. The first-order chi connectivity index (χ1) is 9.98. The molecule has 116 valence electrons. The maximum atomic E-state index is 12.3. The molecule has 2 heterocycles. The lowest BCUT2D eigenvalue weighted by Gasteiger charge is -2.34. The highest BCUT2D eigenvalue weighted by atomic mass is 32.1. The van der Waals surface area contributed by atoms with Gasteiger partial charge in [-0.3, -0.25) is 9.69 Å². The summed E-state index contributed by atoms with van der Waals surface area (Å²) in [5.74, 6) is 0.287. The molecule has 0 radical (unpaired) electrons. The Labute approximate surface area is 131 Å². The second kappa shape index (κ2) is 5.69. The summed E-state index contributed by atoms with van der Waals surface area (Å²) in [4.78, 5) is 22.9. The van der Waals surface area contributed by atoms with Gasteiger partial charge in [-0.1, -0.05) is 32.1 Å². The van der Waals surface area contributed by atoms with Crippen molar-refractivity contribution in [1.29, 1.82) is 0 Å². The number of anilines is 1. The Balaban J connectivity index is 1.73. The highest BCUT2D eigenvalue weighted by Gasteiger charge is 2.34. The number of aromatic nitrogens is 1. The zero-order valence-electron chi connectivity index (χ0n) is 13.3. The van der Waals surface area contributed by atoms with Crippen molar-refractivity contribution in [2.75, 3.05) is 37.6 Å². The fourth-order valence-corrected chi connectivity index (χ4v) is 4.39. The Morgan fingerprint density at radius 3 is 2.57 bits per heavy atom. The molecule has 1 aliphatic heterocycles. The van der Waals surface area contributed by atoms with Gasteiger partial charge in [-0.15, -0.1) is 0 Å². The van der Waals surface area contributed by atoms with Gasteiger partial charge in [0.05, 0.1) is 10.6 Å². The van der Waals surface area contributed by atoms with Crippen molar-refractivity contribution in [3.8, 4) is 0 Å². The number of ketones is 1. The number of hydrogen-bond acceptors (Lipinski definition) is 5. The van der Waals surface area contributed by atoms with Crippen LogP contribution in [0.4, 0.5) is 5.13 Å². The lowest BCUT2D eigenvalue weighted by atomic mass is 9.78. The summed E-state index contributed by atoms with van der Waals surface area (Å²) in [6.45, 7) is 12.0. The number of carbonyl (C=O) groups excluding carboxylic acids is 1. The van der Waals surface area contributed by atoms with Crippen LogP contribution in [0.1, 0.15) is 49.0 Å². The molecule has 2 aliphatic rings. The molecule has 0 saturated carbocycles. The quantitative estimate of drug-likeness (QED) is 0.860. The number of Topliss-reactive ketones (excluding diaryl/α,β-unsaturated/α-hetero) is 1. The van der Waals surface area contributed by atoms with Crippen molar-refractivity contribution in [3.05, 3.63) is 10.6 Å². The van der Waals surface area contributed by atoms with E-state index in [1.165, 1.54) is 13.0 Å². The van der Waals surface area contributed by atoms with E-state index in [2.05, 4.69) is 30.6 Å². The molecule has 1 aromatic rings. The van der Waals surface area contributed by atoms with Crippen LogP contribution in [0, 0.1) is 5.41 Å². The van der Waals surface area contributed by atoms with E-state index in [1.54, 1.807) is 11.3 Å². The number of fused-ring (bicyclic) bond motifs is 1. The minimum Gasteiger partial charge on any atom is -0.346 e. The number of nitrogens with zero attached hydrogens (tertiary/aromatic N) is 3. The van der Waals surface area contributed by atoms with E-state index in [1.807, 2.05) is 0 Å². The molecule has 1 fully saturated rings. The van der Waals surface area contributed by atoms with Crippen LogP contribution >= 0.6 is 11.3 Å². The fraction of sp³-hybridized carbons (Fsp3) is 0.750.